The van der Waals surface area contributed by atoms with Gasteiger partial charge in [-0.1, -0.05) is 108 Å². The lowest BCUT2D eigenvalue weighted by molar-refractivity contribution is 0.653. The topological polar surface area (TPSA) is 0 Å². The Balaban J connectivity index is 1.83. The summed E-state index contributed by atoms with van der Waals surface area (Å²) in [6.07, 6.45) is 15.7. The maximum absolute atomic E-state index is 2.32. The molecule has 2 aromatic rings. The van der Waals surface area contributed by atoms with Gasteiger partial charge < -0.3 is 0 Å². The lowest BCUT2D eigenvalue weighted by Gasteiger charge is -2.31. The molecule has 118 valence electrons. The van der Waals surface area contributed by atoms with Gasteiger partial charge in [0.25, 0.3) is 0 Å². The van der Waals surface area contributed by atoms with Gasteiger partial charge in [0.1, 0.15) is 0 Å². The normalized spacial score (nSPS) is 18.3. The van der Waals surface area contributed by atoms with Gasteiger partial charge in [0.15, 0.2) is 0 Å². The standard InChI is InChI=1S/C24H22/c1-3-11-19(12-4-1)23(21-15-7-8-16-21)24(22-17-9-10-18-22)20-13-5-2-6-14-20/h1-15,17,23-24H,16,18H2. The van der Waals surface area contributed by atoms with E-state index in [-0.39, 0.29) is 0 Å². The maximum Gasteiger partial charge on any atom is 0.0161 e. The molecule has 0 saturated heterocycles. The SMILES string of the molecule is C1=CCC(C(c2ccccc2)C(C2=CC=CC2)c2ccccc2)=C1. The van der Waals surface area contributed by atoms with Crippen LogP contribution in [0.1, 0.15) is 35.8 Å². The Morgan fingerprint density at radius 1 is 0.542 bits per heavy atom. The second-order valence-corrected chi connectivity index (χ2v) is 6.52. The third-order valence-electron chi connectivity index (χ3n) is 5.05. The molecular formula is C24H22. The van der Waals surface area contributed by atoms with Crippen molar-refractivity contribution in [1.29, 1.82) is 0 Å². The van der Waals surface area contributed by atoms with Gasteiger partial charge in [0, 0.05) is 11.8 Å². The van der Waals surface area contributed by atoms with Crippen molar-refractivity contribution in [3.05, 3.63) is 119 Å². The van der Waals surface area contributed by atoms with Crippen LogP contribution in [0.25, 0.3) is 0 Å². The molecule has 2 unspecified atom stereocenters. The maximum atomic E-state index is 2.32. The molecule has 0 aromatic heterocycles. The fraction of sp³-hybridized carbons (Fsp3) is 0.167. The number of hydrogen-bond donors (Lipinski definition) is 0. The summed E-state index contributed by atoms with van der Waals surface area (Å²) in [5.41, 5.74) is 5.86. The molecule has 0 bridgehead atoms. The smallest absolute Gasteiger partial charge is 0.0161 e. The average molecular weight is 310 g/mol. The van der Waals surface area contributed by atoms with E-state index in [9.17, 15) is 0 Å². The highest BCUT2D eigenvalue weighted by molar-refractivity contribution is 5.46. The van der Waals surface area contributed by atoms with Gasteiger partial charge in [-0.2, -0.15) is 0 Å². The summed E-state index contributed by atoms with van der Waals surface area (Å²) in [4.78, 5) is 0. The Labute approximate surface area is 144 Å². The molecule has 0 amide bonds. The van der Waals surface area contributed by atoms with Crippen LogP contribution in [0.4, 0.5) is 0 Å². The van der Waals surface area contributed by atoms with Crippen LogP contribution in [0.15, 0.2) is 108 Å². The summed E-state index contributed by atoms with van der Waals surface area (Å²) in [5, 5.41) is 0. The van der Waals surface area contributed by atoms with E-state index >= 15 is 0 Å². The first-order valence-electron chi connectivity index (χ1n) is 8.74. The molecule has 0 aliphatic heterocycles. The molecule has 0 heterocycles. The summed E-state index contributed by atoms with van der Waals surface area (Å²) in [6.45, 7) is 0. The van der Waals surface area contributed by atoms with E-state index in [0.29, 0.717) is 11.8 Å². The van der Waals surface area contributed by atoms with Gasteiger partial charge in [-0.25, -0.2) is 0 Å². The van der Waals surface area contributed by atoms with Gasteiger partial charge in [-0.15, -0.1) is 0 Å². The van der Waals surface area contributed by atoms with Crippen molar-refractivity contribution < 1.29 is 0 Å². The van der Waals surface area contributed by atoms with Crippen LogP contribution in [0.3, 0.4) is 0 Å². The first-order valence-corrected chi connectivity index (χ1v) is 8.74. The Morgan fingerprint density at radius 2 is 0.958 bits per heavy atom. The van der Waals surface area contributed by atoms with Gasteiger partial charge in [-0.05, 0) is 24.0 Å². The quantitative estimate of drug-likeness (QED) is 0.605. The van der Waals surface area contributed by atoms with Gasteiger partial charge in [0.2, 0.25) is 0 Å². The van der Waals surface area contributed by atoms with E-state index in [0.717, 1.165) is 12.8 Å². The number of benzene rings is 2. The average Bonchev–Trinajstić information content (AvgIpc) is 3.35. The molecule has 2 aliphatic carbocycles. The van der Waals surface area contributed by atoms with Crippen LogP contribution in [0.2, 0.25) is 0 Å². The zero-order chi connectivity index (χ0) is 16.2. The first-order chi connectivity index (χ1) is 11.9. The first kappa shape index (κ1) is 15.0. The van der Waals surface area contributed by atoms with Crippen molar-refractivity contribution in [3.63, 3.8) is 0 Å². The molecule has 0 heteroatoms. The molecule has 0 fully saturated rings. The highest BCUT2D eigenvalue weighted by atomic mass is 14.3. The zero-order valence-electron chi connectivity index (χ0n) is 13.8. The predicted molar refractivity (Wildman–Crippen MR) is 102 cm³/mol. The van der Waals surface area contributed by atoms with Crippen molar-refractivity contribution in [2.24, 2.45) is 0 Å². The molecule has 2 atom stereocenters. The molecule has 0 saturated carbocycles. The molecule has 24 heavy (non-hydrogen) atoms. The van der Waals surface area contributed by atoms with E-state index in [1.165, 1.54) is 22.3 Å². The lowest BCUT2D eigenvalue weighted by Crippen LogP contribution is -2.15. The second kappa shape index (κ2) is 6.88. The van der Waals surface area contributed by atoms with Gasteiger partial charge in [-0.3, -0.25) is 0 Å². The molecule has 0 N–H and O–H groups in total. The largest absolute Gasteiger partial charge is 0.0804 e. The van der Waals surface area contributed by atoms with Gasteiger partial charge >= 0.3 is 0 Å². The van der Waals surface area contributed by atoms with Crippen LogP contribution >= 0.6 is 0 Å². The zero-order valence-corrected chi connectivity index (χ0v) is 13.8. The molecule has 0 radical (unpaired) electrons. The summed E-state index contributed by atoms with van der Waals surface area (Å²) >= 11 is 0. The van der Waals surface area contributed by atoms with Crippen LogP contribution in [-0.2, 0) is 0 Å². The van der Waals surface area contributed by atoms with Crippen molar-refractivity contribution in [2.45, 2.75) is 24.7 Å². The Kier molecular flexibility index (Phi) is 4.29. The minimum Gasteiger partial charge on any atom is -0.0804 e. The van der Waals surface area contributed by atoms with Crippen LogP contribution in [0.5, 0.6) is 0 Å². The highest BCUT2D eigenvalue weighted by Crippen LogP contribution is 2.46. The molecule has 2 aromatic carbocycles. The second-order valence-electron chi connectivity index (χ2n) is 6.52. The summed E-state index contributed by atoms with van der Waals surface area (Å²) < 4.78 is 0. The predicted octanol–water partition coefficient (Wildman–Crippen LogP) is 6.33. The van der Waals surface area contributed by atoms with Crippen molar-refractivity contribution in [1.82, 2.24) is 0 Å². The minimum atomic E-state index is 0.398. The van der Waals surface area contributed by atoms with Crippen LogP contribution in [0, 0.1) is 0 Å². The van der Waals surface area contributed by atoms with E-state index < -0.39 is 0 Å². The Hall–Kier alpha value is -2.60. The summed E-state index contributed by atoms with van der Waals surface area (Å²) in [5.74, 6) is 0.796. The van der Waals surface area contributed by atoms with E-state index in [1.807, 2.05) is 0 Å². The van der Waals surface area contributed by atoms with E-state index in [2.05, 4.69) is 97.1 Å². The van der Waals surface area contributed by atoms with Crippen molar-refractivity contribution in [2.75, 3.05) is 0 Å². The molecular weight excluding hydrogens is 288 g/mol. The van der Waals surface area contributed by atoms with Crippen LogP contribution in [-0.4, -0.2) is 0 Å². The van der Waals surface area contributed by atoms with Crippen LogP contribution < -0.4 is 0 Å². The number of rotatable bonds is 5. The Bertz CT molecular complexity index is 732. The minimum absolute atomic E-state index is 0.398. The van der Waals surface area contributed by atoms with Crippen molar-refractivity contribution >= 4 is 0 Å². The molecule has 2 aliphatic rings. The molecule has 4 rings (SSSR count). The van der Waals surface area contributed by atoms with Crippen molar-refractivity contribution in [3.8, 4) is 0 Å². The monoisotopic (exact) mass is 310 g/mol. The fourth-order valence-corrected chi connectivity index (χ4v) is 3.95. The third-order valence-corrected chi connectivity index (χ3v) is 5.05. The number of hydrogen-bond acceptors (Lipinski definition) is 0. The summed E-state index contributed by atoms with van der Waals surface area (Å²) in [6, 6.07) is 22.0. The summed E-state index contributed by atoms with van der Waals surface area (Å²) in [7, 11) is 0. The number of allylic oxidation sites excluding steroid dienone is 8. The molecule has 0 nitrogen and oxygen atoms in total. The highest BCUT2D eigenvalue weighted by Gasteiger charge is 2.30. The van der Waals surface area contributed by atoms with E-state index in [1.54, 1.807) is 0 Å². The Morgan fingerprint density at radius 3 is 1.29 bits per heavy atom. The third kappa shape index (κ3) is 2.92. The van der Waals surface area contributed by atoms with Gasteiger partial charge in [0.05, 0.1) is 0 Å². The van der Waals surface area contributed by atoms with E-state index in [4.69, 9.17) is 0 Å². The lowest BCUT2D eigenvalue weighted by atomic mass is 9.72. The fourth-order valence-electron chi connectivity index (χ4n) is 3.95. The molecule has 0 spiro atoms.